The quantitative estimate of drug-likeness (QED) is 0.277. The number of halogens is 17. The van der Waals surface area contributed by atoms with Gasteiger partial charge in [-0.15, -0.1) is 0 Å². The number of hydrogen-bond acceptors (Lipinski definition) is 2. The van der Waals surface area contributed by atoms with Gasteiger partial charge in [0.25, 0.3) is 0 Å². The molecule has 0 bridgehead atoms. The zero-order chi connectivity index (χ0) is 24.4. The van der Waals surface area contributed by atoms with Crippen molar-refractivity contribution in [3.05, 3.63) is 0 Å². The molecule has 1 fully saturated rings. The van der Waals surface area contributed by atoms with Crippen LogP contribution < -0.4 is 0 Å². The lowest BCUT2D eigenvalue weighted by atomic mass is 9.91. The van der Waals surface area contributed by atoms with Crippen LogP contribution in [0.1, 0.15) is 0 Å². The van der Waals surface area contributed by atoms with E-state index in [0.29, 0.717) is 0 Å². The molecule has 0 saturated carbocycles. The van der Waals surface area contributed by atoms with Gasteiger partial charge < -0.3 is 4.74 Å². The lowest BCUT2D eigenvalue weighted by Crippen LogP contribution is -2.74. The zero-order valence-electron chi connectivity index (χ0n) is 13.2. The summed E-state index contributed by atoms with van der Waals surface area (Å²) >= 11 is -1.56. The average Bonchev–Trinajstić information content (AvgIpc) is 3.35. The molecule has 30 heavy (non-hydrogen) atoms. The van der Waals surface area contributed by atoms with Crippen LogP contribution in [0.3, 0.4) is 0 Å². The van der Waals surface area contributed by atoms with Crippen molar-refractivity contribution in [2.45, 2.75) is 53.1 Å². The van der Waals surface area contributed by atoms with Crippen LogP contribution in [-0.2, 0) is 4.74 Å². The minimum absolute atomic E-state index is 0.377. The van der Waals surface area contributed by atoms with Crippen LogP contribution in [0, 0.1) is 0 Å². The van der Waals surface area contributed by atoms with Crippen molar-refractivity contribution in [2.24, 2.45) is 0 Å². The summed E-state index contributed by atoms with van der Waals surface area (Å²) in [6, 6.07) is 0. The van der Waals surface area contributed by atoms with Crippen LogP contribution in [0.5, 0.6) is 0 Å². The lowest BCUT2D eigenvalue weighted by Gasteiger charge is -2.42. The van der Waals surface area contributed by atoms with Gasteiger partial charge in [0, 0.05) is 5.75 Å². The molecular formula is C11H5F17OS. The van der Waals surface area contributed by atoms with Gasteiger partial charge in [-0.3, -0.25) is 0 Å². The van der Waals surface area contributed by atoms with Crippen molar-refractivity contribution in [3.63, 3.8) is 0 Å². The number of alkyl halides is 17. The Labute approximate surface area is 157 Å². The molecule has 0 amide bonds. The fraction of sp³-hybridized carbons (Fsp3) is 1.00. The summed E-state index contributed by atoms with van der Waals surface area (Å²) in [5, 5.41) is -6.40. The van der Waals surface area contributed by atoms with Crippen LogP contribution >= 0.6 is 11.8 Å². The van der Waals surface area contributed by atoms with Crippen molar-refractivity contribution in [1.82, 2.24) is 0 Å². The summed E-state index contributed by atoms with van der Waals surface area (Å²) in [6.07, 6.45) is -9.01. The molecule has 0 aromatic carbocycles. The summed E-state index contributed by atoms with van der Waals surface area (Å²) in [6.45, 7) is -0.377. The highest BCUT2D eigenvalue weighted by Crippen LogP contribution is 2.65. The Hall–Kier alpha value is -0.880. The van der Waals surface area contributed by atoms with Crippen LogP contribution in [-0.4, -0.2) is 65.4 Å². The first-order valence-corrected chi connectivity index (χ1v) is 7.78. The number of epoxide rings is 1. The van der Waals surface area contributed by atoms with Crippen molar-refractivity contribution in [3.8, 4) is 0 Å². The number of hydrogen-bond donors (Lipinski definition) is 0. The molecule has 0 aromatic heterocycles. The third-order valence-electron chi connectivity index (χ3n) is 3.55. The number of thioether (sulfide) groups is 1. The summed E-state index contributed by atoms with van der Waals surface area (Å²) in [5.74, 6) is -50.9. The van der Waals surface area contributed by atoms with Gasteiger partial charge in [0.05, 0.1) is 12.7 Å². The van der Waals surface area contributed by atoms with E-state index in [1.807, 2.05) is 0 Å². The highest BCUT2D eigenvalue weighted by Gasteiger charge is 2.95. The molecule has 0 spiro atoms. The van der Waals surface area contributed by atoms with Crippen molar-refractivity contribution < 1.29 is 79.4 Å². The molecular weight excluding hydrogens is 503 g/mol. The molecule has 19 heteroatoms. The molecule has 0 aromatic rings. The second-order valence-corrected chi connectivity index (χ2v) is 6.86. The molecule has 1 aliphatic rings. The minimum Gasteiger partial charge on any atom is -0.372 e. The van der Waals surface area contributed by atoms with E-state index < -0.39 is 70.6 Å². The Bertz CT molecular complexity index is 634. The topological polar surface area (TPSA) is 12.5 Å². The molecule has 180 valence electrons. The molecule has 0 aliphatic carbocycles. The molecule has 1 unspecified atom stereocenters. The maximum atomic E-state index is 13.4. The monoisotopic (exact) mass is 508 g/mol. The normalized spacial score (nSPS) is 20.5. The van der Waals surface area contributed by atoms with Crippen molar-refractivity contribution >= 4 is 11.8 Å². The van der Waals surface area contributed by atoms with Gasteiger partial charge in [0.15, 0.2) is 0 Å². The first kappa shape index (κ1) is 27.2. The Balaban J connectivity index is 3.46. The molecule has 0 N–H and O–H groups in total. The third-order valence-corrected chi connectivity index (χ3v) is 4.70. The number of rotatable bonds is 9. The maximum Gasteiger partial charge on any atom is 0.460 e. The van der Waals surface area contributed by atoms with Crippen LogP contribution in [0.25, 0.3) is 0 Å². The Morgan fingerprint density at radius 3 is 1.13 bits per heavy atom. The van der Waals surface area contributed by atoms with Gasteiger partial charge >= 0.3 is 47.0 Å². The third kappa shape index (κ3) is 3.66. The molecule has 1 atom stereocenters. The SMILES string of the molecule is FC(F)(F)C(F)(F)C(F)(F)C(F)(F)C(F)(F)C(F)(F)C(F)(F)C(F)(F)SCC1CO1. The highest BCUT2D eigenvalue weighted by atomic mass is 32.2. The van der Waals surface area contributed by atoms with E-state index in [-0.39, 0.29) is 6.61 Å². The van der Waals surface area contributed by atoms with Crippen molar-refractivity contribution in [2.75, 3.05) is 12.4 Å². The largest absolute Gasteiger partial charge is 0.460 e. The minimum atomic E-state index is -8.59. The summed E-state index contributed by atoms with van der Waals surface area (Å²) < 4.78 is 224. The van der Waals surface area contributed by atoms with Gasteiger partial charge in [-0.2, -0.15) is 74.6 Å². The van der Waals surface area contributed by atoms with E-state index in [4.69, 9.17) is 0 Å². The second-order valence-electron chi connectivity index (χ2n) is 5.73. The molecule has 1 saturated heterocycles. The van der Waals surface area contributed by atoms with E-state index in [1.165, 1.54) is 0 Å². The Morgan fingerprint density at radius 1 is 0.533 bits per heavy atom. The van der Waals surface area contributed by atoms with Gasteiger partial charge in [-0.1, -0.05) is 11.8 Å². The first-order chi connectivity index (χ1) is 12.8. The molecule has 1 rings (SSSR count). The predicted octanol–water partition coefficient (Wildman–Crippen LogP) is 6.09. The summed E-state index contributed by atoms with van der Waals surface area (Å²) in [7, 11) is 0. The fourth-order valence-corrected chi connectivity index (χ4v) is 2.50. The maximum absolute atomic E-state index is 13.4. The van der Waals surface area contributed by atoms with Gasteiger partial charge in [0.1, 0.15) is 0 Å². The van der Waals surface area contributed by atoms with Crippen LogP contribution in [0.15, 0.2) is 0 Å². The van der Waals surface area contributed by atoms with Gasteiger partial charge in [-0.25, -0.2) is 0 Å². The first-order valence-electron chi connectivity index (χ1n) is 6.80. The van der Waals surface area contributed by atoms with Crippen LogP contribution in [0.4, 0.5) is 74.6 Å². The smallest absolute Gasteiger partial charge is 0.372 e. The highest BCUT2D eigenvalue weighted by molar-refractivity contribution is 8.00. The summed E-state index contributed by atoms with van der Waals surface area (Å²) in [5.41, 5.74) is 0. The molecule has 1 nitrogen and oxygen atoms in total. The fourth-order valence-electron chi connectivity index (χ4n) is 1.60. The van der Waals surface area contributed by atoms with Crippen molar-refractivity contribution in [1.29, 1.82) is 0 Å². The lowest BCUT2D eigenvalue weighted by molar-refractivity contribution is -0.458. The second kappa shape index (κ2) is 7.06. The Morgan fingerprint density at radius 2 is 0.833 bits per heavy atom. The van der Waals surface area contributed by atoms with Crippen LogP contribution in [0.2, 0.25) is 0 Å². The average molecular weight is 508 g/mol. The number of ether oxygens (including phenoxy) is 1. The van der Waals surface area contributed by atoms with E-state index in [9.17, 15) is 74.6 Å². The van der Waals surface area contributed by atoms with E-state index in [0.717, 1.165) is 0 Å². The standard InChI is InChI=1S/C11H5F17OS/c12-4(13,6(16,17)8(20,21)10(24,25)26)5(14,15)7(18,19)9(22,23)11(27,28)30-2-3-1-29-3/h3H,1-2H2. The van der Waals surface area contributed by atoms with Gasteiger partial charge in [0.2, 0.25) is 0 Å². The Kier molecular flexibility index (Phi) is 6.39. The predicted molar refractivity (Wildman–Crippen MR) is 62.9 cm³/mol. The van der Waals surface area contributed by atoms with Gasteiger partial charge in [-0.05, 0) is 0 Å². The zero-order valence-corrected chi connectivity index (χ0v) is 14.0. The summed E-state index contributed by atoms with van der Waals surface area (Å²) in [4.78, 5) is 0. The van der Waals surface area contributed by atoms with E-state index in [2.05, 4.69) is 4.74 Å². The van der Waals surface area contributed by atoms with E-state index >= 15 is 0 Å². The molecule has 1 aliphatic heterocycles. The molecule has 0 radical (unpaired) electrons. The van der Waals surface area contributed by atoms with E-state index in [1.54, 1.807) is 0 Å². The molecule has 1 heterocycles.